The molecule has 1 spiro atoms. The topological polar surface area (TPSA) is 30.5 Å². The second kappa shape index (κ2) is 7.20. The Morgan fingerprint density at radius 2 is 1.85 bits per heavy atom. The van der Waals surface area contributed by atoms with E-state index in [2.05, 4.69) is 69.4 Å². The Morgan fingerprint density at radius 1 is 1.11 bits per heavy atom. The summed E-state index contributed by atoms with van der Waals surface area (Å²) in [6, 6.07) is 13.7. The van der Waals surface area contributed by atoms with E-state index in [-0.39, 0.29) is 11.0 Å². The third-order valence-corrected chi connectivity index (χ3v) is 6.55. The smallest absolute Gasteiger partial charge is 0.0670 e. The van der Waals surface area contributed by atoms with Crippen LogP contribution in [0.4, 0.5) is 0 Å². The molecule has 2 atom stereocenters. The Balaban J connectivity index is 1.48. The lowest BCUT2D eigenvalue weighted by molar-refractivity contribution is -0.212. The number of hydrogen-bond donors (Lipinski definition) is 1. The second-order valence-corrected chi connectivity index (χ2v) is 9.30. The lowest BCUT2D eigenvalue weighted by atomic mass is 9.57. The van der Waals surface area contributed by atoms with Crippen molar-refractivity contribution >= 4 is 10.8 Å². The maximum Gasteiger partial charge on any atom is 0.0670 e. The highest BCUT2D eigenvalue weighted by molar-refractivity contribution is 5.86. The zero-order chi connectivity index (χ0) is 19.1. The third kappa shape index (κ3) is 3.65. The molecule has 3 nitrogen and oxygen atoms in total. The lowest BCUT2D eigenvalue weighted by Gasteiger charge is -2.59. The average molecular weight is 368 g/mol. The normalized spacial score (nSPS) is 24.9. The maximum absolute atomic E-state index is 6.44. The van der Waals surface area contributed by atoms with E-state index < -0.39 is 0 Å². The van der Waals surface area contributed by atoms with Gasteiger partial charge >= 0.3 is 0 Å². The Kier molecular flexibility index (Phi) is 5.04. The molecule has 2 aromatic rings. The number of ether oxygens (including phenoxy) is 2. The van der Waals surface area contributed by atoms with Crippen LogP contribution >= 0.6 is 0 Å². The Bertz CT molecular complexity index is 802. The Labute approximate surface area is 163 Å². The van der Waals surface area contributed by atoms with Crippen LogP contribution in [0.25, 0.3) is 10.8 Å². The zero-order valence-electron chi connectivity index (χ0n) is 17.2. The summed E-state index contributed by atoms with van der Waals surface area (Å²) in [5, 5.41) is 6.56. The zero-order valence-corrected chi connectivity index (χ0v) is 17.2. The van der Waals surface area contributed by atoms with Gasteiger partial charge in [-0.1, -0.05) is 36.4 Å². The minimum atomic E-state index is -0.0874. The molecule has 0 amide bonds. The molecule has 1 saturated heterocycles. The summed E-state index contributed by atoms with van der Waals surface area (Å²) in [7, 11) is 0. The summed E-state index contributed by atoms with van der Waals surface area (Å²) in [6.07, 6.45) is 3.64. The summed E-state index contributed by atoms with van der Waals surface area (Å²) >= 11 is 0. The fourth-order valence-electron chi connectivity index (χ4n) is 4.94. The predicted molar refractivity (Wildman–Crippen MR) is 111 cm³/mol. The van der Waals surface area contributed by atoms with E-state index in [9.17, 15) is 0 Å². The predicted octanol–water partition coefficient (Wildman–Crippen LogP) is 4.99. The summed E-state index contributed by atoms with van der Waals surface area (Å²) in [6.45, 7) is 11.4. The van der Waals surface area contributed by atoms with Crippen LogP contribution in [0.5, 0.6) is 0 Å². The van der Waals surface area contributed by atoms with Crippen LogP contribution in [0.15, 0.2) is 36.4 Å². The molecule has 3 heteroatoms. The van der Waals surface area contributed by atoms with E-state index in [1.807, 2.05) is 0 Å². The first-order chi connectivity index (χ1) is 12.9. The van der Waals surface area contributed by atoms with Crippen molar-refractivity contribution in [3.8, 4) is 0 Å². The molecule has 1 aliphatic carbocycles. The summed E-state index contributed by atoms with van der Waals surface area (Å²) in [5.74, 6) is 0. The Morgan fingerprint density at radius 3 is 2.59 bits per heavy atom. The largest absolute Gasteiger partial charge is 0.381 e. The molecule has 4 rings (SSSR count). The number of aryl methyl sites for hydroxylation is 1. The van der Waals surface area contributed by atoms with Gasteiger partial charge in [-0.3, -0.25) is 0 Å². The molecule has 0 bridgehead atoms. The van der Waals surface area contributed by atoms with Crippen molar-refractivity contribution in [2.45, 2.75) is 71.2 Å². The summed E-state index contributed by atoms with van der Waals surface area (Å²) in [5.41, 5.74) is 2.94. The molecule has 1 saturated carbocycles. The van der Waals surface area contributed by atoms with Crippen molar-refractivity contribution in [1.29, 1.82) is 0 Å². The molecule has 1 aliphatic heterocycles. The quantitative estimate of drug-likeness (QED) is 0.826. The highest BCUT2D eigenvalue weighted by atomic mass is 16.5. The SMILES string of the molecule is Cc1c(CNC2CC(OC(C)(C)C)C23CCOCC3)ccc2ccccc12. The van der Waals surface area contributed by atoms with Gasteiger partial charge in [-0.2, -0.15) is 0 Å². The van der Waals surface area contributed by atoms with Crippen molar-refractivity contribution in [3.05, 3.63) is 47.5 Å². The van der Waals surface area contributed by atoms with Gasteiger partial charge in [0, 0.05) is 31.2 Å². The van der Waals surface area contributed by atoms with Crippen LogP contribution in [0.2, 0.25) is 0 Å². The molecule has 27 heavy (non-hydrogen) atoms. The van der Waals surface area contributed by atoms with E-state index in [1.165, 1.54) is 21.9 Å². The number of nitrogens with one attached hydrogen (secondary N) is 1. The molecule has 1 N–H and O–H groups in total. The van der Waals surface area contributed by atoms with E-state index in [0.717, 1.165) is 39.0 Å². The monoisotopic (exact) mass is 367 g/mol. The van der Waals surface area contributed by atoms with Crippen LogP contribution in [-0.4, -0.2) is 31.0 Å². The van der Waals surface area contributed by atoms with Crippen LogP contribution in [-0.2, 0) is 16.0 Å². The van der Waals surface area contributed by atoms with Gasteiger partial charge in [0.25, 0.3) is 0 Å². The van der Waals surface area contributed by atoms with Crippen LogP contribution < -0.4 is 5.32 Å². The molecule has 146 valence electrons. The molecule has 2 aromatic carbocycles. The first-order valence-corrected chi connectivity index (χ1v) is 10.4. The van der Waals surface area contributed by atoms with Crippen LogP contribution in [0, 0.1) is 12.3 Å². The molecule has 0 aromatic heterocycles. The van der Waals surface area contributed by atoms with Gasteiger partial charge in [0.15, 0.2) is 0 Å². The fraction of sp³-hybridized carbons (Fsp3) is 0.583. The average Bonchev–Trinajstić information content (AvgIpc) is 2.65. The minimum Gasteiger partial charge on any atom is -0.381 e. The van der Waals surface area contributed by atoms with E-state index in [4.69, 9.17) is 9.47 Å². The van der Waals surface area contributed by atoms with E-state index >= 15 is 0 Å². The highest BCUT2D eigenvalue weighted by Crippen LogP contribution is 2.51. The van der Waals surface area contributed by atoms with Gasteiger partial charge in [0.2, 0.25) is 0 Å². The van der Waals surface area contributed by atoms with Crippen LogP contribution in [0.1, 0.15) is 51.2 Å². The van der Waals surface area contributed by atoms with Gasteiger partial charge in [0.1, 0.15) is 0 Å². The van der Waals surface area contributed by atoms with Crippen LogP contribution in [0.3, 0.4) is 0 Å². The van der Waals surface area contributed by atoms with Crippen molar-refractivity contribution in [1.82, 2.24) is 5.32 Å². The molecule has 0 radical (unpaired) electrons. The van der Waals surface area contributed by atoms with Gasteiger partial charge in [-0.05, 0) is 68.9 Å². The van der Waals surface area contributed by atoms with Crippen molar-refractivity contribution < 1.29 is 9.47 Å². The fourth-order valence-corrected chi connectivity index (χ4v) is 4.94. The standard InChI is InChI=1S/C24H33NO2/c1-17-19(10-9-18-7-5-6-8-20(17)18)16-25-21-15-22(27-23(2,3)4)24(21)11-13-26-14-12-24/h5-10,21-22,25H,11-16H2,1-4H3. The van der Waals surface area contributed by atoms with Crippen molar-refractivity contribution in [3.63, 3.8) is 0 Å². The first kappa shape index (κ1) is 18.9. The Hall–Kier alpha value is -1.42. The van der Waals surface area contributed by atoms with E-state index in [0.29, 0.717) is 12.1 Å². The van der Waals surface area contributed by atoms with E-state index in [1.54, 1.807) is 0 Å². The molecule has 1 heterocycles. The number of hydrogen-bond acceptors (Lipinski definition) is 3. The number of fused-ring (bicyclic) bond motifs is 1. The minimum absolute atomic E-state index is 0.0874. The molecule has 2 fully saturated rings. The second-order valence-electron chi connectivity index (χ2n) is 9.30. The van der Waals surface area contributed by atoms with Gasteiger partial charge in [0.05, 0.1) is 11.7 Å². The maximum atomic E-state index is 6.44. The summed E-state index contributed by atoms with van der Waals surface area (Å²) < 4.78 is 12.1. The van der Waals surface area contributed by atoms with Gasteiger partial charge in [-0.15, -0.1) is 0 Å². The molecule has 2 unspecified atom stereocenters. The molecular weight excluding hydrogens is 334 g/mol. The lowest BCUT2D eigenvalue weighted by Crippen LogP contribution is -2.66. The van der Waals surface area contributed by atoms with Crippen molar-refractivity contribution in [2.24, 2.45) is 5.41 Å². The highest BCUT2D eigenvalue weighted by Gasteiger charge is 2.56. The molecule has 2 aliphatic rings. The first-order valence-electron chi connectivity index (χ1n) is 10.4. The molecular formula is C24H33NO2. The van der Waals surface area contributed by atoms with Crippen molar-refractivity contribution in [2.75, 3.05) is 13.2 Å². The summed E-state index contributed by atoms with van der Waals surface area (Å²) in [4.78, 5) is 0. The van der Waals surface area contributed by atoms with Gasteiger partial charge < -0.3 is 14.8 Å². The number of rotatable bonds is 4. The third-order valence-electron chi connectivity index (χ3n) is 6.55. The number of benzene rings is 2. The van der Waals surface area contributed by atoms with Gasteiger partial charge in [-0.25, -0.2) is 0 Å².